The summed E-state index contributed by atoms with van der Waals surface area (Å²) in [7, 11) is -0.459. The summed E-state index contributed by atoms with van der Waals surface area (Å²) >= 11 is 0. The minimum atomic E-state index is -3.32. The van der Waals surface area contributed by atoms with Crippen LogP contribution in [0.25, 0.3) is 0 Å². The van der Waals surface area contributed by atoms with E-state index in [1.807, 2.05) is 0 Å². The topological polar surface area (TPSA) is 116 Å². The number of hydrogen-bond donors (Lipinski definition) is 3. The number of nitrogens with one attached hydrogen (secondary N) is 2. The Morgan fingerprint density at radius 1 is 1.30 bits per heavy atom. The highest BCUT2D eigenvalue weighted by atomic mass is 32.2. The molecule has 0 rings (SSSR count). The van der Waals surface area contributed by atoms with E-state index in [1.165, 1.54) is 14.1 Å². The molecule has 0 aliphatic heterocycles. The van der Waals surface area contributed by atoms with Gasteiger partial charge in [0, 0.05) is 33.1 Å². The molecule has 0 saturated carbocycles. The lowest BCUT2D eigenvalue weighted by Crippen LogP contribution is -2.43. The van der Waals surface area contributed by atoms with E-state index in [-0.39, 0.29) is 24.8 Å². The van der Waals surface area contributed by atoms with Crippen molar-refractivity contribution in [3.8, 4) is 0 Å². The van der Waals surface area contributed by atoms with Crippen molar-refractivity contribution in [2.24, 2.45) is 0 Å². The minimum absolute atomic E-state index is 0.0220. The lowest BCUT2D eigenvalue weighted by molar-refractivity contribution is -0.137. The number of urea groups is 1. The van der Waals surface area contributed by atoms with Crippen molar-refractivity contribution >= 4 is 22.0 Å². The molecular weight excluding hydrogens is 286 g/mol. The summed E-state index contributed by atoms with van der Waals surface area (Å²) in [5.41, 5.74) is 0. The summed E-state index contributed by atoms with van der Waals surface area (Å²) in [5, 5.41) is 13.6. The van der Waals surface area contributed by atoms with Gasteiger partial charge < -0.3 is 15.7 Å². The molecule has 8 nitrogen and oxygen atoms in total. The summed E-state index contributed by atoms with van der Waals surface area (Å²) in [4.78, 5) is 21.8. The van der Waals surface area contributed by atoms with Gasteiger partial charge in [0.15, 0.2) is 0 Å². The van der Waals surface area contributed by atoms with Crippen LogP contribution in [0.15, 0.2) is 0 Å². The van der Waals surface area contributed by atoms with E-state index in [9.17, 15) is 18.0 Å². The minimum Gasteiger partial charge on any atom is -0.481 e. The van der Waals surface area contributed by atoms with Gasteiger partial charge in [-0.25, -0.2) is 17.5 Å². The third kappa shape index (κ3) is 8.70. The van der Waals surface area contributed by atoms with E-state index in [0.717, 1.165) is 4.31 Å². The Morgan fingerprint density at radius 3 is 2.40 bits per heavy atom. The van der Waals surface area contributed by atoms with Crippen molar-refractivity contribution in [1.29, 1.82) is 0 Å². The van der Waals surface area contributed by atoms with Crippen LogP contribution < -0.4 is 10.6 Å². The molecule has 1 atom stereocenters. The predicted molar refractivity (Wildman–Crippen MR) is 75.0 cm³/mol. The average molecular weight is 309 g/mol. The molecule has 3 N–H and O–H groups in total. The van der Waals surface area contributed by atoms with Gasteiger partial charge in [0.2, 0.25) is 10.0 Å². The molecule has 1 unspecified atom stereocenters. The normalized spacial score (nSPS) is 13.0. The fraction of sp³-hybridized carbons (Fsp3) is 0.818. The quantitative estimate of drug-likeness (QED) is 0.546. The van der Waals surface area contributed by atoms with Crippen LogP contribution in [0.3, 0.4) is 0 Å². The lowest BCUT2D eigenvalue weighted by atomic mass is 10.1. The Kier molecular flexibility index (Phi) is 8.16. The van der Waals surface area contributed by atoms with Crippen LogP contribution in [-0.4, -0.2) is 62.3 Å². The van der Waals surface area contributed by atoms with Crippen molar-refractivity contribution in [2.75, 3.05) is 26.4 Å². The fourth-order valence-electron chi connectivity index (χ4n) is 1.38. The third-order valence-corrected chi connectivity index (χ3v) is 4.44. The fourth-order valence-corrected chi connectivity index (χ4v) is 2.11. The first-order valence-electron chi connectivity index (χ1n) is 6.31. The molecule has 0 spiro atoms. The van der Waals surface area contributed by atoms with Crippen molar-refractivity contribution in [1.82, 2.24) is 14.9 Å². The van der Waals surface area contributed by atoms with Gasteiger partial charge in [-0.15, -0.1) is 0 Å². The zero-order valence-electron chi connectivity index (χ0n) is 12.0. The van der Waals surface area contributed by atoms with Crippen LogP contribution in [-0.2, 0) is 14.8 Å². The van der Waals surface area contributed by atoms with E-state index in [2.05, 4.69) is 10.6 Å². The van der Waals surface area contributed by atoms with Crippen molar-refractivity contribution in [2.45, 2.75) is 32.2 Å². The number of carbonyl (C=O) groups excluding carboxylic acids is 1. The maximum Gasteiger partial charge on any atom is 0.315 e. The van der Waals surface area contributed by atoms with Crippen LogP contribution in [0.1, 0.15) is 26.2 Å². The second-order valence-corrected chi connectivity index (χ2v) is 6.99. The molecule has 0 fully saturated rings. The molecule has 2 amide bonds. The maximum atomic E-state index is 11.5. The number of carboxylic acid groups (broad SMARTS) is 1. The number of nitrogens with zero attached hydrogens (tertiary/aromatic N) is 1. The van der Waals surface area contributed by atoms with Crippen molar-refractivity contribution in [3.05, 3.63) is 0 Å². The van der Waals surface area contributed by atoms with E-state index in [0.29, 0.717) is 12.8 Å². The van der Waals surface area contributed by atoms with Crippen LogP contribution in [0.2, 0.25) is 0 Å². The van der Waals surface area contributed by atoms with E-state index in [1.54, 1.807) is 6.92 Å². The molecule has 0 radical (unpaired) electrons. The van der Waals surface area contributed by atoms with Crippen LogP contribution in [0.4, 0.5) is 4.79 Å². The Hall–Kier alpha value is -1.35. The van der Waals surface area contributed by atoms with Gasteiger partial charge in [0.05, 0.1) is 5.75 Å². The molecule has 0 heterocycles. The van der Waals surface area contributed by atoms with E-state index < -0.39 is 22.0 Å². The molecule has 0 aliphatic carbocycles. The van der Waals surface area contributed by atoms with Gasteiger partial charge in [0.25, 0.3) is 0 Å². The molecule has 0 aromatic heterocycles. The number of carbonyl (C=O) groups is 2. The maximum absolute atomic E-state index is 11.5. The standard InChI is InChI=1S/C11H23N3O5S/c1-9(5-4-6-10(15)16)13-11(17)12-7-8-20(18,19)14(2)3/h9H,4-8H2,1-3H3,(H,15,16)(H2,12,13,17). The molecule has 9 heteroatoms. The van der Waals surface area contributed by atoms with Gasteiger partial charge in [-0.3, -0.25) is 4.79 Å². The van der Waals surface area contributed by atoms with Gasteiger partial charge in [0.1, 0.15) is 0 Å². The molecule has 0 aromatic carbocycles. The second-order valence-electron chi connectivity index (χ2n) is 4.69. The number of carboxylic acids is 1. The third-order valence-electron chi connectivity index (χ3n) is 2.61. The monoisotopic (exact) mass is 309 g/mol. The number of aliphatic carboxylic acids is 1. The summed E-state index contributed by atoms with van der Waals surface area (Å²) < 4.78 is 24.0. The molecule has 0 saturated heterocycles. The van der Waals surface area contributed by atoms with E-state index >= 15 is 0 Å². The zero-order chi connectivity index (χ0) is 15.8. The van der Waals surface area contributed by atoms with Crippen LogP contribution in [0.5, 0.6) is 0 Å². The Labute approximate surface area is 119 Å². The number of amides is 2. The van der Waals surface area contributed by atoms with E-state index in [4.69, 9.17) is 5.11 Å². The first-order valence-corrected chi connectivity index (χ1v) is 7.92. The van der Waals surface area contributed by atoms with Crippen molar-refractivity contribution in [3.63, 3.8) is 0 Å². The first kappa shape index (κ1) is 18.7. The SMILES string of the molecule is CC(CCCC(=O)O)NC(=O)NCCS(=O)(=O)N(C)C. The highest BCUT2D eigenvalue weighted by Crippen LogP contribution is 2.00. The average Bonchev–Trinajstić information content (AvgIpc) is 2.27. The Bertz CT molecular complexity index is 422. The number of hydrogen-bond acceptors (Lipinski definition) is 4. The predicted octanol–water partition coefficient (Wildman–Crippen LogP) is -0.180. The number of sulfonamides is 1. The van der Waals surface area contributed by atoms with Crippen LogP contribution >= 0.6 is 0 Å². The largest absolute Gasteiger partial charge is 0.481 e. The highest BCUT2D eigenvalue weighted by Gasteiger charge is 2.14. The van der Waals surface area contributed by atoms with Gasteiger partial charge in [-0.2, -0.15) is 0 Å². The summed E-state index contributed by atoms with van der Waals surface area (Å²) in [6.07, 6.45) is 1.09. The molecule has 118 valence electrons. The summed E-state index contributed by atoms with van der Waals surface area (Å²) in [5.74, 6) is -1.03. The summed E-state index contributed by atoms with van der Waals surface area (Å²) in [6, 6.07) is -0.624. The highest BCUT2D eigenvalue weighted by molar-refractivity contribution is 7.89. The zero-order valence-corrected chi connectivity index (χ0v) is 12.9. The van der Waals surface area contributed by atoms with Gasteiger partial charge >= 0.3 is 12.0 Å². The van der Waals surface area contributed by atoms with Gasteiger partial charge in [-0.1, -0.05) is 0 Å². The Balaban J connectivity index is 3.86. The Morgan fingerprint density at radius 2 is 1.90 bits per heavy atom. The lowest BCUT2D eigenvalue weighted by Gasteiger charge is -2.15. The molecule has 0 bridgehead atoms. The molecule has 0 aromatic rings. The van der Waals surface area contributed by atoms with Crippen molar-refractivity contribution < 1.29 is 23.1 Å². The molecule has 0 aliphatic rings. The second kappa shape index (κ2) is 8.75. The smallest absolute Gasteiger partial charge is 0.315 e. The molecule has 20 heavy (non-hydrogen) atoms. The van der Waals surface area contributed by atoms with Crippen LogP contribution in [0, 0.1) is 0 Å². The number of rotatable bonds is 9. The summed E-state index contributed by atoms with van der Waals surface area (Å²) in [6.45, 7) is 1.78. The van der Waals surface area contributed by atoms with Gasteiger partial charge in [-0.05, 0) is 19.8 Å². The molecular formula is C11H23N3O5S. The first-order chi connectivity index (χ1) is 9.15.